The Morgan fingerprint density at radius 2 is 1.90 bits per heavy atom. The number of rotatable bonds is 5. The van der Waals surface area contributed by atoms with Crippen molar-refractivity contribution in [2.45, 2.75) is 13.0 Å². The maximum atomic E-state index is 13.4. The molecule has 0 spiro atoms. The van der Waals surface area contributed by atoms with Crippen molar-refractivity contribution in [2.24, 2.45) is 0 Å². The molecule has 0 saturated heterocycles. The van der Waals surface area contributed by atoms with E-state index in [1.807, 2.05) is 0 Å². The van der Waals surface area contributed by atoms with E-state index in [0.717, 1.165) is 0 Å². The van der Waals surface area contributed by atoms with Crippen LogP contribution in [0.15, 0.2) is 48.5 Å². The number of esters is 1. The third-order valence-corrected chi connectivity index (χ3v) is 2.68. The second kappa shape index (κ2) is 6.83. The van der Waals surface area contributed by atoms with Gasteiger partial charge in [0.05, 0.1) is 5.56 Å². The standard InChI is InChI=1S/C16H14F2O3/c1-11(10-20-13-6-4-5-12(17)9-13)21-16(19)14-7-2-3-8-15(14)18/h2-9,11H,10H2,1H3. The highest BCUT2D eigenvalue weighted by Crippen LogP contribution is 2.13. The molecular formula is C16H14F2O3. The van der Waals surface area contributed by atoms with Crippen molar-refractivity contribution in [3.8, 4) is 5.75 Å². The molecule has 3 nitrogen and oxygen atoms in total. The summed E-state index contributed by atoms with van der Waals surface area (Å²) < 4.78 is 36.7. The number of hydrogen-bond donors (Lipinski definition) is 0. The topological polar surface area (TPSA) is 35.5 Å². The van der Waals surface area contributed by atoms with E-state index in [9.17, 15) is 13.6 Å². The van der Waals surface area contributed by atoms with Gasteiger partial charge < -0.3 is 9.47 Å². The SMILES string of the molecule is CC(COc1cccc(F)c1)OC(=O)c1ccccc1F. The van der Waals surface area contributed by atoms with Gasteiger partial charge in [-0.3, -0.25) is 0 Å². The Labute approximate surface area is 121 Å². The molecule has 0 amide bonds. The normalized spacial score (nSPS) is 11.8. The van der Waals surface area contributed by atoms with Crippen LogP contribution in [0.4, 0.5) is 8.78 Å². The highest BCUT2D eigenvalue weighted by atomic mass is 19.1. The van der Waals surface area contributed by atoms with E-state index < -0.39 is 23.7 Å². The molecule has 5 heteroatoms. The molecule has 0 heterocycles. The molecule has 0 aliphatic heterocycles. The third kappa shape index (κ3) is 4.27. The summed E-state index contributed by atoms with van der Waals surface area (Å²) in [7, 11) is 0. The fourth-order valence-corrected chi connectivity index (χ4v) is 1.68. The van der Waals surface area contributed by atoms with Crippen LogP contribution in [0.25, 0.3) is 0 Å². The molecule has 21 heavy (non-hydrogen) atoms. The zero-order chi connectivity index (χ0) is 15.2. The molecule has 0 bridgehead atoms. The molecule has 1 atom stereocenters. The molecule has 0 aliphatic carbocycles. The molecule has 0 saturated carbocycles. The summed E-state index contributed by atoms with van der Waals surface area (Å²) in [4.78, 5) is 11.8. The first-order chi connectivity index (χ1) is 10.1. The van der Waals surface area contributed by atoms with E-state index in [1.165, 1.54) is 36.4 Å². The summed E-state index contributed by atoms with van der Waals surface area (Å²) in [5, 5.41) is 0. The average Bonchev–Trinajstić information content (AvgIpc) is 2.45. The predicted molar refractivity (Wildman–Crippen MR) is 73.2 cm³/mol. The first-order valence-electron chi connectivity index (χ1n) is 6.40. The molecule has 0 fully saturated rings. The van der Waals surface area contributed by atoms with Crippen LogP contribution in [0.3, 0.4) is 0 Å². The second-order valence-corrected chi connectivity index (χ2v) is 4.46. The van der Waals surface area contributed by atoms with Crippen molar-refractivity contribution in [3.63, 3.8) is 0 Å². The molecule has 2 aromatic carbocycles. The fraction of sp³-hybridized carbons (Fsp3) is 0.188. The van der Waals surface area contributed by atoms with Gasteiger partial charge in [-0.1, -0.05) is 18.2 Å². The van der Waals surface area contributed by atoms with Crippen LogP contribution in [-0.2, 0) is 4.74 Å². The summed E-state index contributed by atoms with van der Waals surface area (Å²) in [5.41, 5.74) is -0.130. The van der Waals surface area contributed by atoms with Gasteiger partial charge in [0.2, 0.25) is 0 Å². The van der Waals surface area contributed by atoms with Crippen LogP contribution in [0.1, 0.15) is 17.3 Å². The minimum absolute atomic E-state index is 0.0453. The fourth-order valence-electron chi connectivity index (χ4n) is 1.68. The van der Waals surface area contributed by atoms with Crippen LogP contribution >= 0.6 is 0 Å². The molecule has 0 radical (unpaired) electrons. The van der Waals surface area contributed by atoms with Crippen LogP contribution in [0, 0.1) is 11.6 Å². The van der Waals surface area contributed by atoms with Gasteiger partial charge in [-0.15, -0.1) is 0 Å². The van der Waals surface area contributed by atoms with Gasteiger partial charge in [0.1, 0.15) is 30.1 Å². The number of carbonyl (C=O) groups is 1. The summed E-state index contributed by atoms with van der Waals surface area (Å²) in [6.45, 7) is 1.65. The van der Waals surface area contributed by atoms with Gasteiger partial charge in [-0.2, -0.15) is 0 Å². The minimum Gasteiger partial charge on any atom is -0.490 e. The van der Waals surface area contributed by atoms with Crippen molar-refractivity contribution in [2.75, 3.05) is 6.61 Å². The molecule has 1 unspecified atom stereocenters. The Balaban J connectivity index is 1.89. The van der Waals surface area contributed by atoms with Crippen LogP contribution < -0.4 is 4.74 Å². The van der Waals surface area contributed by atoms with E-state index in [2.05, 4.69) is 0 Å². The van der Waals surface area contributed by atoms with Gasteiger partial charge >= 0.3 is 5.97 Å². The van der Waals surface area contributed by atoms with E-state index in [1.54, 1.807) is 19.1 Å². The predicted octanol–water partition coefficient (Wildman–Crippen LogP) is 3.59. The lowest BCUT2D eigenvalue weighted by molar-refractivity contribution is 0.0223. The number of halogens is 2. The van der Waals surface area contributed by atoms with Crippen molar-refractivity contribution in [1.29, 1.82) is 0 Å². The zero-order valence-corrected chi connectivity index (χ0v) is 11.4. The maximum absolute atomic E-state index is 13.4. The summed E-state index contributed by atoms with van der Waals surface area (Å²) in [6, 6.07) is 11.2. The lowest BCUT2D eigenvalue weighted by Gasteiger charge is -2.14. The Kier molecular flexibility index (Phi) is 4.87. The minimum atomic E-state index is -0.761. The van der Waals surface area contributed by atoms with Crippen molar-refractivity contribution in [1.82, 2.24) is 0 Å². The number of benzene rings is 2. The maximum Gasteiger partial charge on any atom is 0.341 e. The highest BCUT2D eigenvalue weighted by Gasteiger charge is 2.16. The Bertz CT molecular complexity index is 628. The van der Waals surface area contributed by atoms with Crippen LogP contribution in [-0.4, -0.2) is 18.7 Å². The Morgan fingerprint density at radius 1 is 1.14 bits per heavy atom. The first-order valence-corrected chi connectivity index (χ1v) is 6.40. The molecule has 0 N–H and O–H groups in total. The molecule has 0 aromatic heterocycles. The third-order valence-electron chi connectivity index (χ3n) is 2.68. The first kappa shape index (κ1) is 15.0. The van der Waals surface area contributed by atoms with Gasteiger partial charge in [-0.05, 0) is 31.2 Å². The second-order valence-electron chi connectivity index (χ2n) is 4.46. The van der Waals surface area contributed by atoms with Crippen LogP contribution in [0.2, 0.25) is 0 Å². The van der Waals surface area contributed by atoms with Crippen molar-refractivity contribution >= 4 is 5.97 Å². The molecule has 2 aromatic rings. The largest absolute Gasteiger partial charge is 0.490 e. The smallest absolute Gasteiger partial charge is 0.341 e. The van der Waals surface area contributed by atoms with E-state index in [4.69, 9.17) is 9.47 Å². The summed E-state index contributed by atoms with van der Waals surface area (Å²) in [5.74, 6) is -1.48. The molecule has 0 aliphatic rings. The quantitative estimate of drug-likeness (QED) is 0.790. The zero-order valence-electron chi connectivity index (χ0n) is 11.4. The Morgan fingerprint density at radius 3 is 2.62 bits per heavy atom. The van der Waals surface area contributed by atoms with Gasteiger partial charge in [0.25, 0.3) is 0 Å². The van der Waals surface area contributed by atoms with Crippen molar-refractivity contribution < 1.29 is 23.0 Å². The van der Waals surface area contributed by atoms with E-state index in [0.29, 0.717) is 5.75 Å². The van der Waals surface area contributed by atoms with Crippen molar-refractivity contribution in [3.05, 3.63) is 65.7 Å². The molecule has 2 rings (SSSR count). The average molecular weight is 292 g/mol. The lowest BCUT2D eigenvalue weighted by atomic mass is 10.2. The van der Waals surface area contributed by atoms with E-state index >= 15 is 0 Å². The Hall–Kier alpha value is -2.43. The molecule has 110 valence electrons. The number of ether oxygens (including phenoxy) is 2. The molecular weight excluding hydrogens is 278 g/mol. The monoisotopic (exact) mass is 292 g/mol. The van der Waals surface area contributed by atoms with Gasteiger partial charge in [0, 0.05) is 6.07 Å². The van der Waals surface area contributed by atoms with Gasteiger partial charge in [-0.25, -0.2) is 13.6 Å². The lowest BCUT2D eigenvalue weighted by Crippen LogP contribution is -2.22. The van der Waals surface area contributed by atoms with Crippen LogP contribution in [0.5, 0.6) is 5.75 Å². The highest BCUT2D eigenvalue weighted by molar-refractivity contribution is 5.89. The van der Waals surface area contributed by atoms with Gasteiger partial charge in [0.15, 0.2) is 0 Å². The number of hydrogen-bond acceptors (Lipinski definition) is 3. The summed E-state index contributed by atoms with van der Waals surface area (Å²) in [6.07, 6.45) is -0.597. The summed E-state index contributed by atoms with van der Waals surface area (Å²) >= 11 is 0. The van der Waals surface area contributed by atoms with E-state index in [-0.39, 0.29) is 12.2 Å². The number of carbonyl (C=O) groups excluding carboxylic acids is 1.